The molecule has 0 atom stereocenters. The van der Waals surface area contributed by atoms with Crippen molar-refractivity contribution in [1.29, 1.82) is 0 Å². The molecule has 0 saturated heterocycles. The molecular weight excluding hydrogens is 235 g/mol. The van der Waals surface area contributed by atoms with Gasteiger partial charge in [0.1, 0.15) is 11.6 Å². The maximum absolute atomic E-state index is 13.4. The second-order valence-electron chi connectivity index (χ2n) is 3.44. The molecule has 4 heteroatoms. The van der Waals surface area contributed by atoms with Crippen LogP contribution in [-0.4, -0.2) is 18.2 Å². The lowest BCUT2D eigenvalue weighted by Gasteiger charge is -2.10. The number of rotatable bonds is 4. The zero-order chi connectivity index (χ0) is 13.7. The molecule has 0 aliphatic heterocycles. The summed E-state index contributed by atoms with van der Waals surface area (Å²) in [5.41, 5.74) is 0.415. The SMILES string of the molecule is C=C/C=C(\C(=C)F)c1cc(O)ccc1C(=O)OC. The van der Waals surface area contributed by atoms with E-state index in [-0.39, 0.29) is 22.4 Å². The average molecular weight is 248 g/mol. The zero-order valence-electron chi connectivity index (χ0n) is 9.94. The minimum Gasteiger partial charge on any atom is -0.508 e. The summed E-state index contributed by atoms with van der Waals surface area (Å²) in [6.45, 7) is 6.65. The van der Waals surface area contributed by atoms with Gasteiger partial charge in [0.2, 0.25) is 0 Å². The number of phenolic OH excluding ortho intramolecular Hbond substituents is 1. The van der Waals surface area contributed by atoms with E-state index in [1.165, 1.54) is 37.5 Å². The van der Waals surface area contributed by atoms with Crippen molar-refractivity contribution in [3.05, 3.63) is 60.5 Å². The number of phenols is 1. The highest BCUT2D eigenvalue weighted by molar-refractivity contribution is 5.97. The molecule has 0 heterocycles. The Bertz CT molecular complexity index is 530. The largest absolute Gasteiger partial charge is 0.508 e. The highest BCUT2D eigenvalue weighted by Gasteiger charge is 2.17. The van der Waals surface area contributed by atoms with E-state index in [1.54, 1.807) is 0 Å². The third-order valence-corrected chi connectivity index (χ3v) is 2.28. The van der Waals surface area contributed by atoms with Crippen LogP contribution in [0.1, 0.15) is 15.9 Å². The maximum Gasteiger partial charge on any atom is 0.338 e. The molecule has 0 aliphatic rings. The summed E-state index contributed by atoms with van der Waals surface area (Å²) in [6.07, 6.45) is 2.73. The van der Waals surface area contributed by atoms with E-state index in [1.807, 2.05) is 0 Å². The van der Waals surface area contributed by atoms with Gasteiger partial charge in [-0.3, -0.25) is 0 Å². The molecule has 0 fully saturated rings. The molecule has 3 nitrogen and oxygen atoms in total. The highest BCUT2D eigenvalue weighted by Crippen LogP contribution is 2.29. The number of esters is 1. The molecule has 0 aromatic heterocycles. The van der Waals surface area contributed by atoms with Crippen molar-refractivity contribution in [1.82, 2.24) is 0 Å². The molecule has 18 heavy (non-hydrogen) atoms. The molecule has 0 amide bonds. The van der Waals surface area contributed by atoms with Crippen LogP contribution >= 0.6 is 0 Å². The van der Waals surface area contributed by atoms with Gasteiger partial charge >= 0.3 is 5.97 Å². The number of carbonyl (C=O) groups excluding carboxylic acids is 1. The molecule has 1 N–H and O–H groups in total. The van der Waals surface area contributed by atoms with Crippen molar-refractivity contribution in [3.8, 4) is 5.75 Å². The minimum absolute atomic E-state index is 0.0706. The van der Waals surface area contributed by atoms with Crippen molar-refractivity contribution in [2.24, 2.45) is 0 Å². The molecule has 0 unspecified atom stereocenters. The Balaban J connectivity index is 3.49. The summed E-state index contributed by atoms with van der Waals surface area (Å²) in [5, 5.41) is 9.43. The Hall–Kier alpha value is -2.36. The lowest BCUT2D eigenvalue weighted by molar-refractivity contribution is 0.0600. The van der Waals surface area contributed by atoms with Crippen LogP contribution in [-0.2, 0) is 4.74 Å². The fourth-order valence-electron chi connectivity index (χ4n) is 1.49. The van der Waals surface area contributed by atoms with Crippen LogP contribution in [0.3, 0.4) is 0 Å². The summed E-state index contributed by atoms with van der Waals surface area (Å²) < 4.78 is 18.0. The molecule has 1 rings (SSSR count). The minimum atomic E-state index is -0.731. The number of methoxy groups -OCH3 is 1. The molecule has 0 radical (unpaired) electrons. The third kappa shape index (κ3) is 2.85. The number of hydrogen-bond acceptors (Lipinski definition) is 3. The summed E-state index contributed by atoms with van der Waals surface area (Å²) >= 11 is 0. The standard InChI is InChI=1S/C14H13FO3/c1-4-5-11(9(2)15)13-8-10(16)6-7-12(13)14(17)18-3/h4-8,16H,1-2H2,3H3/b11-5+. The van der Waals surface area contributed by atoms with E-state index in [0.717, 1.165) is 0 Å². The van der Waals surface area contributed by atoms with Gasteiger partial charge in [-0.15, -0.1) is 0 Å². The summed E-state index contributed by atoms with van der Waals surface area (Å²) in [4.78, 5) is 11.6. The van der Waals surface area contributed by atoms with Gasteiger partial charge in [0.25, 0.3) is 0 Å². The van der Waals surface area contributed by atoms with Crippen LogP contribution in [0, 0.1) is 0 Å². The van der Waals surface area contributed by atoms with Crippen LogP contribution in [0.25, 0.3) is 5.57 Å². The molecule has 0 aliphatic carbocycles. The van der Waals surface area contributed by atoms with Crippen LogP contribution < -0.4 is 0 Å². The number of halogens is 1. The zero-order valence-corrected chi connectivity index (χ0v) is 9.94. The molecule has 0 bridgehead atoms. The fraction of sp³-hybridized carbons (Fsp3) is 0.0714. The van der Waals surface area contributed by atoms with E-state index < -0.39 is 11.8 Å². The van der Waals surface area contributed by atoms with Crippen molar-refractivity contribution >= 4 is 11.5 Å². The molecule has 1 aromatic carbocycles. The van der Waals surface area contributed by atoms with Crippen molar-refractivity contribution < 1.29 is 19.0 Å². The van der Waals surface area contributed by atoms with Gasteiger partial charge in [-0.25, -0.2) is 9.18 Å². The van der Waals surface area contributed by atoms with Gasteiger partial charge < -0.3 is 9.84 Å². The van der Waals surface area contributed by atoms with Crippen LogP contribution in [0.2, 0.25) is 0 Å². The number of ether oxygens (including phenoxy) is 1. The molecule has 0 saturated carbocycles. The van der Waals surface area contributed by atoms with E-state index in [0.29, 0.717) is 0 Å². The number of benzene rings is 1. The number of allylic oxidation sites excluding steroid dienone is 4. The van der Waals surface area contributed by atoms with Crippen LogP contribution in [0.5, 0.6) is 5.75 Å². The quantitative estimate of drug-likeness (QED) is 0.657. The summed E-state index contributed by atoms with van der Waals surface area (Å²) in [7, 11) is 1.22. The third-order valence-electron chi connectivity index (χ3n) is 2.28. The van der Waals surface area contributed by atoms with Gasteiger partial charge in [0.05, 0.1) is 12.7 Å². The lowest BCUT2D eigenvalue weighted by Crippen LogP contribution is -2.05. The van der Waals surface area contributed by atoms with Gasteiger partial charge in [-0.1, -0.05) is 25.3 Å². The van der Waals surface area contributed by atoms with E-state index in [9.17, 15) is 14.3 Å². The van der Waals surface area contributed by atoms with Crippen LogP contribution in [0.4, 0.5) is 4.39 Å². The van der Waals surface area contributed by atoms with E-state index >= 15 is 0 Å². The molecular formula is C14H13FO3. The Morgan fingerprint density at radius 1 is 1.44 bits per heavy atom. The van der Waals surface area contributed by atoms with Gasteiger partial charge in [-0.05, 0) is 18.2 Å². The van der Waals surface area contributed by atoms with Gasteiger partial charge in [-0.2, -0.15) is 0 Å². The monoisotopic (exact) mass is 248 g/mol. The van der Waals surface area contributed by atoms with Crippen LogP contribution in [0.15, 0.2) is 49.3 Å². The smallest absolute Gasteiger partial charge is 0.338 e. The van der Waals surface area contributed by atoms with Crippen molar-refractivity contribution in [2.45, 2.75) is 0 Å². The molecule has 94 valence electrons. The number of aromatic hydroxyl groups is 1. The first-order valence-corrected chi connectivity index (χ1v) is 5.10. The number of carbonyl (C=O) groups is 1. The Morgan fingerprint density at radius 2 is 2.11 bits per heavy atom. The Morgan fingerprint density at radius 3 is 2.61 bits per heavy atom. The Kier molecular flexibility index (Phi) is 4.43. The highest BCUT2D eigenvalue weighted by atomic mass is 19.1. The topological polar surface area (TPSA) is 46.5 Å². The molecule has 1 aromatic rings. The summed E-state index contributed by atoms with van der Waals surface area (Å²) in [5.74, 6) is -1.44. The maximum atomic E-state index is 13.4. The average Bonchev–Trinajstić information content (AvgIpc) is 2.34. The first kappa shape index (κ1) is 13.7. The van der Waals surface area contributed by atoms with Gasteiger partial charge in [0.15, 0.2) is 0 Å². The Labute approximate surface area is 105 Å². The lowest BCUT2D eigenvalue weighted by atomic mass is 9.98. The van der Waals surface area contributed by atoms with Gasteiger partial charge in [0, 0.05) is 11.1 Å². The van der Waals surface area contributed by atoms with Crippen molar-refractivity contribution in [3.63, 3.8) is 0 Å². The second-order valence-corrected chi connectivity index (χ2v) is 3.44. The predicted molar refractivity (Wildman–Crippen MR) is 67.9 cm³/mol. The first-order valence-electron chi connectivity index (χ1n) is 5.10. The molecule has 0 spiro atoms. The van der Waals surface area contributed by atoms with E-state index in [2.05, 4.69) is 17.9 Å². The fourth-order valence-corrected chi connectivity index (χ4v) is 1.49. The van der Waals surface area contributed by atoms with E-state index in [4.69, 9.17) is 0 Å². The normalized spacial score (nSPS) is 10.9. The number of hydrogen-bond donors (Lipinski definition) is 1. The predicted octanol–water partition coefficient (Wildman–Crippen LogP) is 3.23. The van der Waals surface area contributed by atoms with Crippen molar-refractivity contribution in [2.75, 3.05) is 7.11 Å². The first-order chi connectivity index (χ1) is 8.51. The summed E-state index contributed by atoms with van der Waals surface area (Å²) in [6, 6.07) is 3.95. The second kappa shape index (κ2) is 5.82.